The lowest BCUT2D eigenvalue weighted by Gasteiger charge is -2.34. The molecule has 1 N–H and O–H groups in total. The molecule has 70 valence electrons. The van der Waals surface area contributed by atoms with E-state index in [4.69, 9.17) is 5.11 Å². The van der Waals surface area contributed by atoms with Crippen LogP contribution < -0.4 is 0 Å². The molecule has 0 fully saturated rings. The average molecular weight is 168 g/mol. The Morgan fingerprint density at radius 2 is 2.17 bits per heavy atom. The third-order valence-electron chi connectivity index (χ3n) is 3.37. The van der Waals surface area contributed by atoms with Crippen LogP contribution in [-0.2, 0) is 0 Å². The van der Waals surface area contributed by atoms with Gasteiger partial charge in [-0.05, 0) is 37.2 Å². The van der Waals surface area contributed by atoms with Gasteiger partial charge in [-0.25, -0.2) is 0 Å². The molecule has 0 bridgehead atoms. The highest BCUT2D eigenvalue weighted by molar-refractivity contribution is 5.18. The largest absolute Gasteiger partial charge is 0.392 e. The molecular weight excluding hydrogens is 148 g/mol. The van der Waals surface area contributed by atoms with E-state index in [0.717, 1.165) is 6.42 Å². The zero-order valence-electron chi connectivity index (χ0n) is 8.48. The Morgan fingerprint density at radius 1 is 1.50 bits per heavy atom. The van der Waals surface area contributed by atoms with E-state index >= 15 is 0 Å². The van der Waals surface area contributed by atoms with Gasteiger partial charge in [0.15, 0.2) is 0 Å². The number of rotatable bonds is 2. The SMILES string of the molecule is CCC1(C)CCC(CO)=C(C)C1. The van der Waals surface area contributed by atoms with Gasteiger partial charge in [0.05, 0.1) is 6.61 Å². The fraction of sp³-hybridized carbons (Fsp3) is 0.818. The Balaban J connectivity index is 2.71. The molecule has 0 aromatic heterocycles. The maximum absolute atomic E-state index is 9.05. The van der Waals surface area contributed by atoms with Crippen LogP contribution in [0.15, 0.2) is 11.1 Å². The maximum atomic E-state index is 9.05. The van der Waals surface area contributed by atoms with E-state index in [2.05, 4.69) is 20.8 Å². The first-order valence-electron chi connectivity index (χ1n) is 4.89. The first kappa shape index (κ1) is 9.79. The standard InChI is InChI=1S/C11H20O/c1-4-11(3)6-5-10(8-12)9(2)7-11/h12H,4-8H2,1-3H3. The lowest BCUT2D eigenvalue weighted by atomic mass is 9.72. The van der Waals surface area contributed by atoms with Crippen LogP contribution in [0.2, 0.25) is 0 Å². The van der Waals surface area contributed by atoms with Gasteiger partial charge in [0.2, 0.25) is 0 Å². The molecule has 1 rings (SSSR count). The lowest BCUT2D eigenvalue weighted by molar-refractivity contribution is 0.247. The molecule has 1 heteroatoms. The highest BCUT2D eigenvalue weighted by Gasteiger charge is 2.27. The zero-order valence-corrected chi connectivity index (χ0v) is 8.48. The summed E-state index contributed by atoms with van der Waals surface area (Å²) in [5.41, 5.74) is 3.21. The van der Waals surface area contributed by atoms with Crippen LogP contribution in [0.1, 0.15) is 46.5 Å². The minimum absolute atomic E-state index is 0.269. The predicted octanol–water partition coefficient (Wildman–Crippen LogP) is 2.90. The highest BCUT2D eigenvalue weighted by Crippen LogP contribution is 2.40. The zero-order chi connectivity index (χ0) is 9.19. The quantitative estimate of drug-likeness (QED) is 0.629. The van der Waals surface area contributed by atoms with Crippen LogP contribution in [0.3, 0.4) is 0 Å². The van der Waals surface area contributed by atoms with Gasteiger partial charge in [-0.2, -0.15) is 0 Å². The first-order chi connectivity index (χ1) is 5.61. The van der Waals surface area contributed by atoms with E-state index in [1.165, 1.54) is 30.4 Å². The molecular formula is C11H20O. The summed E-state index contributed by atoms with van der Waals surface area (Å²) in [4.78, 5) is 0. The van der Waals surface area contributed by atoms with Crippen molar-refractivity contribution in [2.45, 2.75) is 46.5 Å². The van der Waals surface area contributed by atoms with Gasteiger partial charge in [0.25, 0.3) is 0 Å². The maximum Gasteiger partial charge on any atom is 0.0644 e. The van der Waals surface area contributed by atoms with Crippen LogP contribution in [0.5, 0.6) is 0 Å². The normalized spacial score (nSPS) is 31.0. The summed E-state index contributed by atoms with van der Waals surface area (Å²) < 4.78 is 0. The smallest absolute Gasteiger partial charge is 0.0644 e. The topological polar surface area (TPSA) is 20.2 Å². The van der Waals surface area contributed by atoms with E-state index in [-0.39, 0.29) is 6.61 Å². The van der Waals surface area contributed by atoms with E-state index in [0.29, 0.717) is 5.41 Å². The summed E-state index contributed by atoms with van der Waals surface area (Å²) >= 11 is 0. The number of aliphatic hydroxyl groups is 1. The Morgan fingerprint density at radius 3 is 2.58 bits per heavy atom. The van der Waals surface area contributed by atoms with Crippen molar-refractivity contribution in [3.05, 3.63) is 11.1 Å². The molecule has 1 aliphatic carbocycles. The predicted molar refractivity (Wildman–Crippen MR) is 52.0 cm³/mol. The van der Waals surface area contributed by atoms with Crippen molar-refractivity contribution in [1.82, 2.24) is 0 Å². The van der Waals surface area contributed by atoms with Crippen LogP contribution in [0.25, 0.3) is 0 Å². The summed E-state index contributed by atoms with van der Waals surface area (Å²) in [5.74, 6) is 0. The molecule has 1 atom stereocenters. The van der Waals surface area contributed by atoms with E-state index in [1.807, 2.05) is 0 Å². The molecule has 0 spiro atoms. The summed E-state index contributed by atoms with van der Waals surface area (Å²) in [6, 6.07) is 0. The van der Waals surface area contributed by atoms with Gasteiger partial charge in [-0.1, -0.05) is 25.8 Å². The fourth-order valence-corrected chi connectivity index (χ4v) is 2.04. The summed E-state index contributed by atoms with van der Waals surface area (Å²) in [6.07, 6.45) is 4.78. The van der Waals surface area contributed by atoms with Gasteiger partial charge in [-0.15, -0.1) is 0 Å². The Labute approximate surface area is 75.5 Å². The molecule has 0 heterocycles. The minimum Gasteiger partial charge on any atom is -0.392 e. The Hall–Kier alpha value is -0.300. The van der Waals surface area contributed by atoms with Gasteiger partial charge in [0.1, 0.15) is 0 Å². The van der Waals surface area contributed by atoms with Crippen molar-refractivity contribution in [3.8, 4) is 0 Å². The molecule has 1 nitrogen and oxygen atoms in total. The summed E-state index contributed by atoms with van der Waals surface area (Å²) in [5, 5.41) is 9.05. The molecule has 12 heavy (non-hydrogen) atoms. The first-order valence-corrected chi connectivity index (χ1v) is 4.89. The van der Waals surface area contributed by atoms with Gasteiger partial charge < -0.3 is 5.11 Å². The Bertz CT molecular complexity index is 193. The molecule has 0 aromatic carbocycles. The van der Waals surface area contributed by atoms with Gasteiger partial charge in [-0.3, -0.25) is 0 Å². The number of hydrogen-bond acceptors (Lipinski definition) is 1. The number of aliphatic hydroxyl groups excluding tert-OH is 1. The lowest BCUT2D eigenvalue weighted by Crippen LogP contribution is -2.21. The van der Waals surface area contributed by atoms with Crippen molar-refractivity contribution in [2.75, 3.05) is 6.61 Å². The summed E-state index contributed by atoms with van der Waals surface area (Å²) in [7, 11) is 0. The van der Waals surface area contributed by atoms with Crippen molar-refractivity contribution in [3.63, 3.8) is 0 Å². The fourth-order valence-electron chi connectivity index (χ4n) is 2.04. The van der Waals surface area contributed by atoms with E-state index in [9.17, 15) is 0 Å². The second-order valence-corrected chi connectivity index (χ2v) is 4.38. The van der Waals surface area contributed by atoms with Gasteiger partial charge >= 0.3 is 0 Å². The number of allylic oxidation sites excluding steroid dienone is 1. The van der Waals surface area contributed by atoms with Crippen LogP contribution in [-0.4, -0.2) is 11.7 Å². The molecule has 0 saturated heterocycles. The van der Waals surface area contributed by atoms with E-state index < -0.39 is 0 Å². The van der Waals surface area contributed by atoms with Crippen molar-refractivity contribution in [2.24, 2.45) is 5.41 Å². The van der Waals surface area contributed by atoms with Gasteiger partial charge in [0, 0.05) is 0 Å². The van der Waals surface area contributed by atoms with Crippen molar-refractivity contribution in [1.29, 1.82) is 0 Å². The van der Waals surface area contributed by atoms with Crippen LogP contribution >= 0.6 is 0 Å². The molecule has 0 radical (unpaired) electrons. The molecule has 0 aliphatic heterocycles. The number of hydrogen-bond donors (Lipinski definition) is 1. The highest BCUT2D eigenvalue weighted by atomic mass is 16.3. The summed E-state index contributed by atoms with van der Waals surface area (Å²) in [6.45, 7) is 7.05. The molecule has 0 amide bonds. The van der Waals surface area contributed by atoms with Crippen LogP contribution in [0.4, 0.5) is 0 Å². The third kappa shape index (κ3) is 1.89. The molecule has 1 aliphatic rings. The second-order valence-electron chi connectivity index (χ2n) is 4.38. The molecule has 0 aromatic rings. The molecule has 1 unspecified atom stereocenters. The Kier molecular flexibility index (Phi) is 2.94. The second kappa shape index (κ2) is 3.61. The monoisotopic (exact) mass is 168 g/mol. The van der Waals surface area contributed by atoms with E-state index in [1.54, 1.807) is 0 Å². The van der Waals surface area contributed by atoms with Crippen LogP contribution in [0, 0.1) is 5.41 Å². The third-order valence-corrected chi connectivity index (χ3v) is 3.37. The average Bonchev–Trinajstić information content (AvgIpc) is 2.05. The van der Waals surface area contributed by atoms with Crippen molar-refractivity contribution < 1.29 is 5.11 Å². The molecule has 0 saturated carbocycles. The van der Waals surface area contributed by atoms with Crippen molar-refractivity contribution >= 4 is 0 Å². The minimum atomic E-state index is 0.269.